The molecule has 4 heteroatoms. The maximum atomic E-state index is 5.66. The number of ether oxygens (including phenoxy) is 1. The smallest absolute Gasteiger partial charge is 0.123 e. The first-order chi connectivity index (χ1) is 10.2. The molecule has 21 heavy (non-hydrogen) atoms. The average molecular weight is 288 g/mol. The number of rotatable bonds is 8. The van der Waals surface area contributed by atoms with Gasteiger partial charge < -0.3 is 19.4 Å². The van der Waals surface area contributed by atoms with E-state index in [2.05, 4.69) is 17.1 Å². The highest BCUT2D eigenvalue weighted by Crippen LogP contribution is 2.17. The Morgan fingerprint density at radius 1 is 1.05 bits per heavy atom. The lowest BCUT2D eigenvalue weighted by Crippen LogP contribution is -2.19. The van der Waals surface area contributed by atoms with Crippen LogP contribution in [0.3, 0.4) is 0 Å². The van der Waals surface area contributed by atoms with Crippen molar-refractivity contribution >= 4 is 5.69 Å². The Morgan fingerprint density at radius 2 is 1.76 bits per heavy atom. The van der Waals surface area contributed by atoms with E-state index in [1.54, 1.807) is 0 Å². The zero-order valence-electron chi connectivity index (χ0n) is 13.1. The largest absolute Gasteiger partial charge is 0.492 e. The third-order valence-corrected chi connectivity index (χ3v) is 3.19. The Hall–Kier alpha value is -1.94. The molecule has 0 aliphatic rings. The van der Waals surface area contributed by atoms with E-state index in [1.165, 1.54) is 0 Å². The first-order valence-electron chi connectivity index (χ1n) is 7.36. The minimum atomic E-state index is 0.695. The van der Waals surface area contributed by atoms with Crippen LogP contribution in [0.4, 0.5) is 5.69 Å². The van der Waals surface area contributed by atoms with Gasteiger partial charge in [0.2, 0.25) is 0 Å². The van der Waals surface area contributed by atoms with Crippen LogP contribution >= 0.6 is 0 Å². The number of furan rings is 1. The summed E-state index contributed by atoms with van der Waals surface area (Å²) in [6, 6.07) is 12.1. The summed E-state index contributed by atoms with van der Waals surface area (Å²) in [7, 11) is 4.07. The van der Waals surface area contributed by atoms with Gasteiger partial charge in [-0.2, -0.15) is 0 Å². The van der Waals surface area contributed by atoms with Gasteiger partial charge in [0, 0.05) is 18.7 Å². The lowest BCUT2D eigenvalue weighted by molar-refractivity contribution is 0.261. The Kier molecular flexibility index (Phi) is 5.69. The number of anilines is 1. The first-order valence-corrected chi connectivity index (χ1v) is 7.36. The molecule has 0 aliphatic heterocycles. The van der Waals surface area contributed by atoms with Gasteiger partial charge in [0.15, 0.2) is 0 Å². The summed E-state index contributed by atoms with van der Waals surface area (Å²) < 4.78 is 11.3. The van der Waals surface area contributed by atoms with E-state index in [9.17, 15) is 0 Å². The number of aryl methyl sites for hydroxylation is 1. The molecule has 1 aromatic heterocycles. The molecule has 0 radical (unpaired) electrons. The van der Waals surface area contributed by atoms with Crippen molar-refractivity contribution in [2.24, 2.45) is 0 Å². The molecule has 1 N–H and O–H groups in total. The van der Waals surface area contributed by atoms with Crippen LogP contribution in [0.2, 0.25) is 0 Å². The summed E-state index contributed by atoms with van der Waals surface area (Å²) in [4.78, 5) is 2.10. The average Bonchev–Trinajstić information content (AvgIpc) is 2.94. The summed E-state index contributed by atoms with van der Waals surface area (Å²) in [6.45, 7) is 4.40. The van der Waals surface area contributed by atoms with Gasteiger partial charge >= 0.3 is 0 Å². The Balaban J connectivity index is 1.79. The minimum absolute atomic E-state index is 0.695. The Labute approximate surface area is 126 Å². The highest BCUT2D eigenvalue weighted by atomic mass is 16.5. The van der Waals surface area contributed by atoms with Crippen LogP contribution in [0.15, 0.2) is 40.8 Å². The molecule has 0 saturated carbocycles. The number of nitrogens with one attached hydrogen (secondary N) is 1. The predicted molar refractivity (Wildman–Crippen MR) is 85.9 cm³/mol. The quantitative estimate of drug-likeness (QED) is 0.808. The second-order valence-electron chi connectivity index (χ2n) is 5.25. The maximum Gasteiger partial charge on any atom is 0.123 e. The fraction of sp³-hybridized carbons (Fsp3) is 0.412. The molecule has 1 heterocycles. The standard InChI is InChI=1S/C17H24N2O2/c1-4-15-9-10-17(21-15)13-18-14-5-7-16(8-6-14)20-12-11-19(2)3/h5-10,18H,4,11-13H2,1-3H3. The summed E-state index contributed by atoms with van der Waals surface area (Å²) >= 11 is 0. The van der Waals surface area contributed by atoms with Crippen LogP contribution in [0.5, 0.6) is 5.75 Å². The van der Waals surface area contributed by atoms with Gasteiger partial charge in [-0.05, 0) is 50.5 Å². The van der Waals surface area contributed by atoms with Crippen LogP contribution < -0.4 is 10.1 Å². The van der Waals surface area contributed by atoms with Gasteiger partial charge in [0.25, 0.3) is 0 Å². The topological polar surface area (TPSA) is 37.6 Å². The molecule has 0 atom stereocenters. The number of benzene rings is 1. The van der Waals surface area contributed by atoms with Crippen LogP contribution in [-0.4, -0.2) is 32.1 Å². The van der Waals surface area contributed by atoms with Gasteiger partial charge in [-0.25, -0.2) is 0 Å². The fourth-order valence-electron chi connectivity index (χ4n) is 1.91. The van der Waals surface area contributed by atoms with E-state index >= 15 is 0 Å². The number of hydrogen-bond acceptors (Lipinski definition) is 4. The molecule has 0 spiro atoms. The van der Waals surface area contributed by atoms with Gasteiger partial charge in [-0.15, -0.1) is 0 Å². The second-order valence-corrected chi connectivity index (χ2v) is 5.25. The fourth-order valence-corrected chi connectivity index (χ4v) is 1.91. The van der Waals surface area contributed by atoms with Gasteiger partial charge in [-0.1, -0.05) is 6.92 Å². The number of hydrogen-bond donors (Lipinski definition) is 1. The highest BCUT2D eigenvalue weighted by Gasteiger charge is 2.01. The van der Waals surface area contributed by atoms with Crippen molar-refractivity contribution in [3.63, 3.8) is 0 Å². The van der Waals surface area contributed by atoms with Crippen molar-refractivity contribution in [3.05, 3.63) is 47.9 Å². The molecular formula is C17H24N2O2. The van der Waals surface area contributed by atoms with E-state index in [4.69, 9.17) is 9.15 Å². The molecule has 0 unspecified atom stereocenters. The molecule has 114 valence electrons. The summed E-state index contributed by atoms with van der Waals surface area (Å²) in [5, 5.41) is 3.34. The number of nitrogens with zero attached hydrogens (tertiary/aromatic N) is 1. The maximum absolute atomic E-state index is 5.66. The molecule has 2 rings (SSSR count). The van der Waals surface area contributed by atoms with Crippen LogP contribution in [0.25, 0.3) is 0 Å². The van der Waals surface area contributed by atoms with Crippen molar-refractivity contribution in [1.82, 2.24) is 4.90 Å². The molecule has 0 fully saturated rings. The van der Waals surface area contributed by atoms with Crippen molar-refractivity contribution in [2.45, 2.75) is 19.9 Å². The van der Waals surface area contributed by atoms with Crippen molar-refractivity contribution in [3.8, 4) is 5.75 Å². The SMILES string of the molecule is CCc1ccc(CNc2ccc(OCCN(C)C)cc2)o1. The van der Waals surface area contributed by atoms with Crippen molar-refractivity contribution < 1.29 is 9.15 Å². The first kappa shape index (κ1) is 15.4. The molecule has 0 bridgehead atoms. The van der Waals surface area contributed by atoms with E-state index in [0.717, 1.165) is 35.9 Å². The zero-order valence-corrected chi connectivity index (χ0v) is 13.1. The van der Waals surface area contributed by atoms with Crippen molar-refractivity contribution in [2.75, 3.05) is 32.6 Å². The highest BCUT2D eigenvalue weighted by molar-refractivity contribution is 5.46. The normalized spacial score (nSPS) is 10.9. The third-order valence-electron chi connectivity index (χ3n) is 3.19. The summed E-state index contributed by atoms with van der Waals surface area (Å²) in [6.07, 6.45) is 0.930. The molecule has 0 amide bonds. The van der Waals surface area contributed by atoms with Crippen LogP contribution in [0.1, 0.15) is 18.4 Å². The molecular weight excluding hydrogens is 264 g/mol. The second kappa shape index (κ2) is 7.74. The molecule has 4 nitrogen and oxygen atoms in total. The van der Waals surface area contributed by atoms with E-state index < -0.39 is 0 Å². The third kappa shape index (κ3) is 5.16. The lowest BCUT2D eigenvalue weighted by Gasteiger charge is -2.11. The predicted octanol–water partition coefficient (Wildman–Crippen LogP) is 3.39. The minimum Gasteiger partial charge on any atom is -0.492 e. The molecule has 1 aromatic carbocycles. The van der Waals surface area contributed by atoms with E-state index in [0.29, 0.717) is 13.2 Å². The summed E-state index contributed by atoms with van der Waals surface area (Å²) in [5.41, 5.74) is 1.06. The summed E-state index contributed by atoms with van der Waals surface area (Å²) in [5.74, 6) is 2.88. The van der Waals surface area contributed by atoms with Crippen LogP contribution in [0, 0.1) is 0 Å². The monoisotopic (exact) mass is 288 g/mol. The molecule has 0 aliphatic carbocycles. The van der Waals surface area contributed by atoms with Crippen LogP contribution in [-0.2, 0) is 13.0 Å². The Bertz CT molecular complexity index is 532. The molecule has 0 saturated heterocycles. The molecule has 2 aromatic rings. The van der Waals surface area contributed by atoms with Gasteiger partial charge in [-0.3, -0.25) is 0 Å². The number of likely N-dealkylation sites (N-methyl/N-ethyl adjacent to an activating group) is 1. The van der Waals surface area contributed by atoms with Crippen molar-refractivity contribution in [1.29, 1.82) is 0 Å². The lowest BCUT2D eigenvalue weighted by atomic mass is 10.3. The zero-order chi connectivity index (χ0) is 15.1. The van der Waals surface area contributed by atoms with E-state index in [-0.39, 0.29) is 0 Å². The Morgan fingerprint density at radius 3 is 2.38 bits per heavy atom. The van der Waals surface area contributed by atoms with Gasteiger partial charge in [0.1, 0.15) is 23.9 Å². The van der Waals surface area contributed by atoms with Gasteiger partial charge in [0.05, 0.1) is 6.54 Å². The van der Waals surface area contributed by atoms with E-state index in [1.807, 2.05) is 50.5 Å².